The standard InChI is InChI=1S/C43H51N15O7/c1-52(2)14-9-11-45-38(60)31-17-27(22-54(31)4)48-41(63)34-19-29(24-57(34)7)50-40(62)33-16-26(21-56(33)6)47-36(59)10-12-46-39(61)32-18-28(23-55(32)5)49-42(64)35-20-30(25-58(35)8)51-43(65)37-44-13-15-53(37)3/h13,15-25H,4,9-12,14H2,1-3,5-8H3,(H6-,45,46,47,48,49,50,51,59,60,61,62,63,64,65)/p+2. The molecule has 1 aliphatic heterocycles. The second kappa shape index (κ2) is 19.8. The number of imidazole rings is 1. The number of hydrogen-bond donors (Lipinski definition) is 8. The summed E-state index contributed by atoms with van der Waals surface area (Å²) in [5, 5.41) is 19.3. The molecule has 340 valence electrons. The zero-order valence-electron chi connectivity index (χ0n) is 37.2. The van der Waals surface area contributed by atoms with Gasteiger partial charge in [-0.1, -0.05) is 0 Å². The van der Waals surface area contributed by atoms with Crippen molar-refractivity contribution in [2.75, 3.05) is 55.0 Å². The maximum absolute atomic E-state index is 13.3. The Bertz CT molecular complexity index is 2770. The van der Waals surface area contributed by atoms with Gasteiger partial charge >= 0.3 is 5.91 Å². The molecular formula is C43H53N15O7+2. The van der Waals surface area contributed by atoms with Gasteiger partial charge in [0.15, 0.2) is 12.0 Å². The molecule has 22 nitrogen and oxygen atoms in total. The topological polar surface area (TPSA) is 249 Å². The fraction of sp³-hybridized carbons (Fsp3) is 0.279. The lowest BCUT2D eigenvalue weighted by Crippen LogP contribution is -3.05. The van der Waals surface area contributed by atoms with Crippen LogP contribution < -0.4 is 42.1 Å². The van der Waals surface area contributed by atoms with Crippen LogP contribution >= 0.6 is 0 Å². The van der Waals surface area contributed by atoms with E-state index < -0.39 is 35.4 Å². The molecule has 0 unspecified atom stereocenters. The molecule has 5 aromatic rings. The first-order chi connectivity index (χ1) is 30.9. The molecule has 5 aromatic heterocycles. The molecule has 0 aromatic carbocycles. The molecule has 8 N–H and O–H groups in total. The average molecular weight is 892 g/mol. The summed E-state index contributed by atoms with van der Waals surface area (Å²) in [5.41, 5.74) is 3.07. The Morgan fingerprint density at radius 1 is 0.600 bits per heavy atom. The number of aromatic nitrogens is 6. The molecule has 0 aliphatic carbocycles. The molecule has 22 heteroatoms. The summed E-state index contributed by atoms with van der Waals surface area (Å²) < 4.78 is 9.14. The molecule has 0 radical (unpaired) electrons. The van der Waals surface area contributed by atoms with Gasteiger partial charge in [0.25, 0.3) is 35.2 Å². The van der Waals surface area contributed by atoms with Crippen molar-refractivity contribution in [1.82, 2.24) is 43.8 Å². The van der Waals surface area contributed by atoms with Crippen LogP contribution in [0.4, 0.5) is 22.7 Å². The van der Waals surface area contributed by atoms with Gasteiger partial charge in [-0.2, -0.15) is 4.58 Å². The van der Waals surface area contributed by atoms with Crippen LogP contribution in [0.5, 0.6) is 0 Å². The smallest absolute Gasteiger partial charge is 0.316 e. The Balaban J connectivity index is 0.951. The minimum Gasteiger partial charge on any atom is -0.350 e. The first kappa shape index (κ1) is 46.2. The molecule has 7 amide bonds. The number of rotatable bonds is 18. The van der Waals surface area contributed by atoms with E-state index in [4.69, 9.17) is 0 Å². The van der Waals surface area contributed by atoms with E-state index in [0.29, 0.717) is 35.0 Å². The number of allylic oxidation sites excluding steroid dienone is 1. The lowest BCUT2D eigenvalue weighted by Gasteiger charge is -2.07. The third-order valence-electron chi connectivity index (χ3n) is 10.2. The van der Waals surface area contributed by atoms with Crippen LogP contribution in [-0.4, -0.2) is 114 Å². The fourth-order valence-electron chi connectivity index (χ4n) is 6.90. The summed E-state index contributed by atoms with van der Waals surface area (Å²) in [4.78, 5) is 96.0. The zero-order valence-corrected chi connectivity index (χ0v) is 37.2. The van der Waals surface area contributed by atoms with Crippen molar-refractivity contribution >= 4 is 70.8 Å². The molecular weight excluding hydrogens is 839 g/mol. The highest BCUT2D eigenvalue weighted by atomic mass is 16.2. The lowest BCUT2D eigenvalue weighted by molar-refractivity contribution is -0.858. The molecule has 65 heavy (non-hydrogen) atoms. The summed E-state index contributed by atoms with van der Waals surface area (Å²) in [6.07, 6.45) is 13.3. The average Bonchev–Trinajstić information content (AvgIpc) is 4.10. The van der Waals surface area contributed by atoms with Gasteiger partial charge in [0, 0.05) is 104 Å². The molecule has 0 bridgehead atoms. The number of anilines is 4. The first-order valence-electron chi connectivity index (χ1n) is 20.4. The highest BCUT2D eigenvalue weighted by molar-refractivity contribution is 6.07. The summed E-state index contributed by atoms with van der Waals surface area (Å²) >= 11 is 0. The normalized spacial score (nSPS) is 12.1. The zero-order chi connectivity index (χ0) is 47.1. The van der Waals surface area contributed by atoms with E-state index in [1.807, 2.05) is 14.1 Å². The van der Waals surface area contributed by atoms with E-state index >= 15 is 0 Å². The number of nitrogens with zero attached hydrogens (tertiary/aromatic N) is 7. The van der Waals surface area contributed by atoms with E-state index in [-0.39, 0.29) is 53.2 Å². The summed E-state index contributed by atoms with van der Waals surface area (Å²) in [6, 6.07) is 6.03. The maximum Gasteiger partial charge on any atom is 0.316 e. The SMILES string of the molecule is C=[N+]1C=C(NC(=O)c2cc(NC(=O)c3cc(NC(=O)CCNC(=O)c4cc(NC(=O)c5cc(NC(=O)c6nccn6C)cn5C)cn4C)cn3C)cn2C)C=C1C(=O)NCCC[NH+](C)C. The van der Waals surface area contributed by atoms with E-state index in [1.54, 1.807) is 79.9 Å². The largest absolute Gasteiger partial charge is 0.350 e. The third kappa shape index (κ3) is 11.4. The van der Waals surface area contributed by atoms with Crippen LogP contribution in [0, 0.1) is 0 Å². The van der Waals surface area contributed by atoms with E-state index in [1.165, 1.54) is 61.3 Å². The van der Waals surface area contributed by atoms with Crippen molar-refractivity contribution in [3.8, 4) is 0 Å². The van der Waals surface area contributed by atoms with Crippen molar-refractivity contribution in [1.29, 1.82) is 0 Å². The van der Waals surface area contributed by atoms with Crippen molar-refractivity contribution in [3.05, 3.63) is 114 Å². The molecule has 6 rings (SSSR count). The molecule has 0 saturated heterocycles. The monoisotopic (exact) mass is 891 g/mol. The number of amides is 7. The van der Waals surface area contributed by atoms with Gasteiger partial charge in [-0.25, -0.2) is 4.98 Å². The van der Waals surface area contributed by atoms with Crippen LogP contribution in [0.15, 0.2) is 85.1 Å². The van der Waals surface area contributed by atoms with Crippen LogP contribution in [-0.2, 0) is 44.8 Å². The van der Waals surface area contributed by atoms with E-state index in [2.05, 4.69) is 48.9 Å². The van der Waals surface area contributed by atoms with Crippen molar-refractivity contribution in [2.45, 2.75) is 12.8 Å². The Morgan fingerprint density at radius 2 is 1.06 bits per heavy atom. The van der Waals surface area contributed by atoms with Crippen LogP contribution in [0.25, 0.3) is 0 Å². The van der Waals surface area contributed by atoms with Gasteiger partial charge in [0.1, 0.15) is 35.2 Å². The fourth-order valence-corrected chi connectivity index (χ4v) is 6.90. The summed E-state index contributed by atoms with van der Waals surface area (Å²) in [7, 11) is 12.4. The van der Waals surface area contributed by atoms with Gasteiger partial charge in [-0.15, -0.1) is 0 Å². The highest BCUT2D eigenvalue weighted by Crippen LogP contribution is 2.21. The number of carbonyl (C=O) groups is 7. The Labute approximate surface area is 373 Å². The molecule has 0 saturated carbocycles. The first-order valence-corrected chi connectivity index (χ1v) is 20.4. The third-order valence-corrected chi connectivity index (χ3v) is 10.2. The molecule has 6 heterocycles. The summed E-state index contributed by atoms with van der Waals surface area (Å²) in [5.74, 6) is -2.85. The lowest BCUT2D eigenvalue weighted by atomic mass is 10.3. The second-order valence-corrected chi connectivity index (χ2v) is 15.8. The molecule has 1 aliphatic rings. The van der Waals surface area contributed by atoms with Gasteiger partial charge in [-0.3, -0.25) is 33.6 Å². The molecule has 0 atom stereocenters. The van der Waals surface area contributed by atoms with Crippen LogP contribution in [0.3, 0.4) is 0 Å². The van der Waals surface area contributed by atoms with Crippen molar-refractivity contribution in [2.24, 2.45) is 35.2 Å². The number of hydrogen-bond acceptors (Lipinski definition) is 8. The Hall–Kier alpha value is -8.27. The van der Waals surface area contributed by atoms with Crippen LogP contribution in [0.2, 0.25) is 0 Å². The minimum absolute atomic E-state index is 0.00660. The van der Waals surface area contributed by atoms with Gasteiger partial charge in [-0.05, 0) is 24.3 Å². The number of aryl methyl sites for hydroxylation is 5. The van der Waals surface area contributed by atoms with Crippen molar-refractivity contribution in [3.63, 3.8) is 0 Å². The van der Waals surface area contributed by atoms with Crippen LogP contribution in [0.1, 0.15) is 65.4 Å². The van der Waals surface area contributed by atoms with E-state index in [0.717, 1.165) is 13.0 Å². The highest BCUT2D eigenvalue weighted by Gasteiger charge is 2.28. The molecule has 0 fully saturated rings. The summed E-state index contributed by atoms with van der Waals surface area (Å²) in [6.45, 7) is 5.27. The maximum atomic E-state index is 13.3. The minimum atomic E-state index is -0.494. The predicted octanol–water partition coefficient (Wildman–Crippen LogP) is 0.122. The number of quaternary nitrogens is 1. The predicted molar refractivity (Wildman–Crippen MR) is 241 cm³/mol. The number of nitrogens with one attached hydrogen (secondary N) is 8. The molecule has 0 spiro atoms. The quantitative estimate of drug-likeness (QED) is 0.0443. The van der Waals surface area contributed by atoms with Gasteiger partial charge in [0.05, 0.1) is 43.4 Å². The van der Waals surface area contributed by atoms with Crippen molar-refractivity contribution < 1.29 is 43.0 Å². The Kier molecular flexibility index (Phi) is 14.1. The Morgan fingerprint density at radius 3 is 1.55 bits per heavy atom. The van der Waals surface area contributed by atoms with Gasteiger partial charge in [0.2, 0.25) is 5.91 Å². The van der Waals surface area contributed by atoms with E-state index in [9.17, 15) is 33.6 Å². The van der Waals surface area contributed by atoms with Gasteiger partial charge < -0.3 is 65.0 Å². The second-order valence-electron chi connectivity index (χ2n) is 15.8. The number of carbonyl (C=O) groups excluding carboxylic acids is 7.